The standard InChI is InChI=1S/C23H24N4OS/c1-15(16-4-6-23-21(10-16)24-14-29-23)27-8-7-18-9-17(19-11-25-26(2)12-19)3-5-20(18)22(28)13-27/h3-6,9-12,14-15,22,28H,7-8,13H2,1-2H3/t15?,22-/m0/s1. The van der Waals surface area contributed by atoms with Crippen LogP contribution in [0.3, 0.4) is 0 Å². The first-order valence-corrected chi connectivity index (χ1v) is 10.8. The molecule has 3 heterocycles. The number of hydrogen-bond donors (Lipinski definition) is 1. The van der Waals surface area contributed by atoms with Gasteiger partial charge in [-0.05, 0) is 47.7 Å². The van der Waals surface area contributed by atoms with Crippen molar-refractivity contribution in [3.8, 4) is 11.1 Å². The minimum atomic E-state index is -0.485. The molecule has 6 heteroatoms. The Bertz CT molecular complexity index is 1160. The topological polar surface area (TPSA) is 54.2 Å². The molecule has 2 aromatic heterocycles. The molecular weight excluding hydrogens is 380 g/mol. The van der Waals surface area contributed by atoms with Gasteiger partial charge in [0.25, 0.3) is 0 Å². The summed E-state index contributed by atoms with van der Waals surface area (Å²) in [6.45, 7) is 3.77. The molecule has 1 unspecified atom stereocenters. The third-order valence-electron chi connectivity index (χ3n) is 6.00. The van der Waals surface area contributed by atoms with E-state index >= 15 is 0 Å². The highest BCUT2D eigenvalue weighted by Crippen LogP contribution is 2.32. The lowest BCUT2D eigenvalue weighted by Crippen LogP contribution is -2.31. The minimum Gasteiger partial charge on any atom is -0.387 e. The van der Waals surface area contributed by atoms with Gasteiger partial charge in [-0.1, -0.05) is 24.3 Å². The molecule has 1 aliphatic rings. The maximum Gasteiger partial charge on any atom is 0.0919 e. The van der Waals surface area contributed by atoms with E-state index in [0.29, 0.717) is 6.54 Å². The summed E-state index contributed by atoms with van der Waals surface area (Å²) < 4.78 is 3.03. The zero-order chi connectivity index (χ0) is 20.0. The van der Waals surface area contributed by atoms with Gasteiger partial charge in [0.05, 0.1) is 28.0 Å². The minimum absolute atomic E-state index is 0.225. The van der Waals surface area contributed by atoms with Gasteiger partial charge in [0.1, 0.15) is 0 Å². The lowest BCUT2D eigenvalue weighted by molar-refractivity contribution is 0.0985. The van der Waals surface area contributed by atoms with Gasteiger partial charge in [-0.15, -0.1) is 11.3 Å². The van der Waals surface area contributed by atoms with Crippen molar-refractivity contribution in [3.63, 3.8) is 0 Å². The summed E-state index contributed by atoms with van der Waals surface area (Å²) in [7, 11) is 1.93. The smallest absolute Gasteiger partial charge is 0.0919 e. The zero-order valence-corrected chi connectivity index (χ0v) is 17.4. The van der Waals surface area contributed by atoms with Crippen molar-refractivity contribution < 1.29 is 5.11 Å². The summed E-state index contributed by atoms with van der Waals surface area (Å²) in [4.78, 5) is 6.83. The zero-order valence-electron chi connectivity index (χ0n) is 16.6. The molecule has 5 rings (SSSR count). The van der Waals surface area contributed by atoms with Crippen LogP contribution in [0.4, 0.5) is 0 Å². The Balaban J connectivity index is 1.40. The van der Waals surface area contributed by atoms with E-state index in [1.54, 1.807) is 11.3 Å². The van der Waals surface area contributed by atoms with Gasteiger partial charge in [-0.2, -0.15) is 5.10 Å². The second-order valence-corrected chi connectivity index (χ2v) is 8.72. The molecule has 1 aliphatic heterocycles. The first-order valence-electron chi connectivity index (χ1n) is 9.95. The van der Waals surface area contributed by atoms with Crippen molar-refractivity contribution in [2.24, 2.45) is 7.05 Å². The monoisotopic (exact) mass is 404 g/mol. The molecule has 0 saturated carbocycles. The molecule has 29 heavy (non-hydrogen) atoms. The van der Waals surface area contributed by atoms with Gasteiger partial charge in [0.15, 0.2) is 0 Å². The Morgan fingerprint density at radius 3 is 2.90 bits per heavy atom. The molecule has 0 saturated heterocycles. The highest BCUT2D eigenvalue weighted by molar-refractivity contribution is 7.16. The fraction of sp³-hybridized carbons (Fsp3) is 0.304. The van der Waals surface area contributed by atoms with E-state index in [4.69, 9.17) is 0 Å². The maximum atomic E-state index is 10.9. The lowest BCUT2D eigenvalue weighted by atomic mass is 9.96. The molecule has 148 valence electrons. The Hall–Kier alpha value is -2.54. The maximum absolute atomic E-state index is 10.9. The lowest BCUT2D eigenvalue weighted by Gasteiger charge is -2.29. The predicted octanol–water partition coefficient (Wildman–Crippen LogP) is 4.35. The van der Waals surface area contributed by atoms with Crippen LogP contribution >= 0.6 is 11.3 Å². The molecule has 1 N–H and O–H groups in total. The van der Waals surface area contributed by atoms with Crippen LogP contribution in [0.15, 0.2) is 54.3 Å². The number of aliphatic hydroxyl groups is 1. The number of aryl methyl sites for hydroxylation is 1. The van der Waals surface area contributed by atoms with Crippen molar-refractivity contribution in [1.82, 2.24) is 19.7 Å². The number of rotatable bonds is 3. The third kappa shape index (κ3) is 3.48. The van der Waals surface area contributed by atoms with Crippen LogP contribution in [0.1, 0.15) is 35.8 Å². The number of benzene rings is 2. The van der Waals surface area contributed by atoms with Crippen molar-refractivity contribution in [1.29, 1.82) is 0 Å². The molecule has 2 atom stereocenters. The fourth-order valence-corrected chi connectivity index (χ4v) is 4.93. The van der Waals surface area contributed by atoms with Crippen molar-refractivity contribution in [2.75, 3.05) is 13.1 Å². The van der Waals surface area contributed by atoms with Gasteiger partial charge in [-0.3, -0.25) is 9.58 Å². The molecule has 0 spiro atoms. The van der Waals surface area contributed by atoms with Crippen LogP contribution < -0.4 is 0 Å². The highest BCUT2D eigenvalue weighted by Gasteiger charge is 2.25. The molecule has 4 aromatic rings. The van der Waals surface area contributed by atoms with E-state index in [2.05, 4.69) is 58.3 Å². The molecule has 0 amide bonds. The number of β-amino-alcohol motifs (C(OH)–C–C–N with tert-alkyl or cyclic N) is 1. The van der Waals surface area contributed by atoms with Crippen LogP contribution in [0.25, 0.3) is 21.3 Å². The average Bonchev–Trinajstić information content (AvgIpc) is 3.34. The largest absolute Gasteiger partial charge is 0.387 e. The van der Waals surface area contributed by atoms with Crippen LogP contribution in [0.2, 0.25) is 0 Å². The summed E-state index contributed by atoms with van der Waals surface area (Å²) >= 11 is 1.67. The number of aliphatic hydroxyl groups excluding tert-OH is 1. The van der Waals surface area contributed by atoms with E-state index in [1.165, 1.54) is 15.8 Å². The Labute approximate surface area is 174 Å². The van der Waals surface area contributed by atoms with E-state index in [0.717, 1.165) is 35.2 Å². The summed E-state index contributed by atoms with van der Waals surface area (Å²) in [5.74, 6) is 0. The number of nitrogens with zero attached hydrogens (tertiary/aromatic N) is 4. The quantitative estimate of drug-likeness (QED) is 0.552. The van der Waals surface area contributed by atoms with Gasteiger partial charge in [0.2, 0.25) is 0 Å². The van der Waals surface area contributed by atoms with Gasteiger partial charge in [-0.25, -0.2) is 4.98 Å². The van der Waals surface area contributed by atoms with E-state index in [9.17, 15) is 5.11 Å². The second kappa shape index (κ2) is 7.37. The number of fused-ring (bicyclic) bond motifs is 2. The molecule has 0 fully saturated rings. The number of aromatic nitrogens is 3. The van der Waals surface area contributed by atoms with E-state index in [1.807, 2.05) is 29.6 Å². The summed E-state index contributed by atoms with van der Waals surface area (Å²) in [6, 6.07) is 13.1. The van der Waals surface area contributed by atoms with Crippen LogP contribution in [0.5, 0.6) is 0 Å². The molecular formula is C23H24N4OS. The summed E-state index contributed by atoms with van der Waals surface area (Å²) in [5, 5.41) is 15.2. The molecule has 2 aromatic carbocycles. The SMILES string of the molecule is CC(c1ccc2scnc2c1)N1CCc2cc(-c3cnn(C)c3)ccc2[C@@H](O)C1. The predicted molar refractivity (Wildman–Crippen MR) is 117 cm³/mol. The molecule has 0 aliphatic carbocycles. The van der Waals surface area contributed by atoms with Crippen molar-refractivity contribution in [2.45, 2.75) is 25.5 Å². The van der Waals surface area contributed by atoms with Crippen LogP contribution in [-0.2, 0) is 13.5 Å². The number of hydrogen-bond acceptors (Lipinski definition) is 5. The Morgan fingerprint density at radius 2 is 2.07 bits per heavy atom. The molecule has 0 radical (unpaired) electrons. The molecule has 0 bridgehead atoms. The Morgan fingerprint density at radius 1 is 1.17 bits per heavy atom. The third-order valence-corrected chi connectivity index (χ3v) is 6.81. The van der Waals surface area contributed by atoms with Gasteiger partial charge < -0.3 is 5.11 Å². The van der Waals surface area contributed by atoms with Crippen LogP contribution in [0, 0.1) is 0 Å². The fourth-order valence-electron chi connectivity index (χ4n) is 4.27. The van der Waals surface area contributed by atoms with Crippen molar-refractivity contribution in [3.05, 3.63) is 71.0 Å². The second-order valence-electron chi connectivity index (χ2n) is 7.83. The summed E-state index contributed by atoms with van der Waals surface area (Å²) in [6.07, 6.45) is 4.35. The Kier molecular flexibility index (Phi) is 4.70. The highest BCUT2D eigenvalue weighted by atomic mass is 32.1. The van der Waals surface area contributed by atoms with Gasteiger partial charge >= 0.3 is 0 Å². The number of thiazole rings is 1. The first-order chi connectivity index (χ1) is 14.1. The van der Waals surface area contributed by atoms with Gasteiger partial charge in [0, 0.05) is 37.9 Å². The summed E-state index contributed by atoms with van der Waals surface area (Å²) in [5.41, 5.74) is 8.73. The average molecular weight is 405 g/mol. The normalized spacial score (nSPS) is 18.5. The first kappa shape index (κ1) is 18.5. The van der Waals surface area contributed by atoms with E-state index < -0.39 is 6.10 Å². The van der Waals surface area contributed by atoms with E-state index in [-0.39, 0.29) is 6.04 Å². The molecule has 5 nitrogen and oxygen atoms in total. The van der Waals surface area contributed by atoms with Crippen molar-refractivity contribution >= 4 is 21.6 Å². The van der Waals surface area contributed by atoms with Crippen LogP contribution in [-0.4, -0.2) is 37.9 Å².